The molecule has 102 valence electrons. The van der Waals surface area contributed by atoms with E-state index >= 15 is 0 Å². The summed E-state index contributed by atoms with van der Waals surface area (Å²) in [5.41, 5.74) is 5.44. The molecular formula is C13H29N3O. The van der Waals surface area contributed by atoms with Crippen LogP contribution in [-0.4, -0.2) is 43.5 Å². The van der Waals surface area contributed by atoms with Gasteiger partial charge in [0, 0.05) is 6.54 Å². The molecule has 0 aromatic carbocycles. The van der Waals surface area contributed by atoms with Gasteiger partial charge in [0.05, 0.1) is 6.04 Å². The van der Waals surface area contributed by atoms with Crippen molar-refractivity contribution in [3.8, 4) is 0 Å². The molecule has 1 amide bonds. The molecule has 17 heavy (non-hydrogen) atoms. The SMILES string of the molecule is CC(C)CNC(=O)C(C)N(C)CCCCCN. The van der Waals surface area contributed by atoms with Gasteiger partial charge in [0.1, 0.15) is 0 Å². The largest absolute Gasteiger partial charge is 0.354 e. The molecule has 1 unspecified atom stereocenters. The van der Waals surface area contributed by atoms with Gasteiger partial charge in [0.25, 0.3) is 0 Å². The Morgan fingerprint density at radius 2 is 1.88 bits per heavy atom. The summed E-state index contributed by atoms with van der Waals surface area (Å²) in [5, 5.41) is 2.96. The normalized spacial score (nSPS) is 13.1. The lowest BCUT2D eigenvalue weighted by Crippen LogP contribution is -2.44. The fourth-order valence-corrected chi connectivity index (χ4v) is 1.53. The lowest BCUT2D eigenvalue weighted by molar-refractivity contribution is -0.125. The Morgan fingerprint density at radius 3 is 2.41 bits per heavy atom. The van der Waals surface area contributed by atoms with Crippen LogP contribution in [0.15, 0.2) is 0 Å². The number of amides is 1. The van der Waals surface area contributed by atoms with Gasteiger partial charge in [0.2, 0.25) is 5.91 Å². The fourth-order valence-electron chi connectivity index (χ4n) is 1.53. The summed E-state index contributed by atoms with van der Waals surface area (Å²) >= 11 is 0. The van der Waals surface area contributed by atoms with Gasteiger partial charge in [-0.05, 0) is 45.8 Å². The molecular weight excluding hydrogens is 214 g/mol. The van der Waals surface area contributed by atoms with Crippen molar-refractivity contribution < 1.29 is 4.79 Å². The van der Waals surface area contributed by atoms with E-state index in [9.17, 15) is 4.79 Å². The molecule has 1 atom stereocenters. The third-order valence-corrected chi connectivity index (χ3v) is 2.94. The summed E-state index contributed by atoms with van der Waals surface area (Å²) < 4.78 is 0. The van der Waals surface area contributed by atoms with Crippen LogP contribution in [0.3, 0.4) is 0 Å². The first kappa shape index (κ1) is 16.4. The Kier molecular flexibility index (Phi) is 9.09. The van der Waals surface area contributed by atoms with Crippen molar-refractivity contribution in [2.45, 2.75) is 46.1 Å². The van der Waals surface area contributed by atoms with Crippen LogP contribution >= 0.6 is 0 Å². The molecule has 0 spiro atoms. The quantitative estimate of drug-likeness (QED) is 0.598. The third-order valence-electron chi connectivity index (χ3n) is 2.94. The van der Waals surface area contributed by atoms with E-state index in [1.54, 1.807) is 0 Å². The average Bonchev–Trinajstić information content (AvgIpc) is 2.30. The third kappa shape index (κ3) is 8.16. The number of nitrogens with one attached hydrogen (secondary N) is 1. The predicted molar refractivity (Wildman–Crippen MR) is 72.8 cm³/mol. The van der Waals surface area contributed by atoms with Gasteiger partial charge in [0.15, 0.2) is 0 Å². The number of hydrogen-bond donors (Lipinski definition) is 2. The first-order valence-corrected chi connectivity index (χ1v) is 6.67. The van der Waals surface area contributed by atoms with Crippen LogP contribution in [0.25, 0.3) is 0 Å². The summed E-state index contributed by atoms with van der Waals surface area (Å²) in [6.45, 7) is 8.62. The molecule has 4 heteroatoms. The van der Waals surface area contributed by atoms with Crippen molar-refractivity contribution in [3.05, 3.63) is 0 Å². The van der Waals surface area contributed by atoms with Gasteiger partial charge in [-0.2, -0.15) is 0 Å². The highest BCUT2D eigenvalue weighted by Gasteiger charge is 2.17. The van der Waals surface area contributed by atoms with Crippen LogP contribution in [0, 0.1) is 5.92 Å². The van der Waals surface area contributed by atoms with E-state index in [2.05, 4.69) is 24.1 Å². The average molecular weight is 243 g/mol. The Labute approximate surface area is 106 Å². The van der Waals surface area contributed by atoms with E-state index in [0.717, 1.165) is 38.9 Å². The zero-order valence-corrected chi connectivity index (χ0v) is 11.8. The number of likely N-dealkylation sites (N-methyl/N-ethyl adjacent to an activating group) is 1. The summed E-state index contributed by atoms with van der Waals surface area (Å²) in [6, 6.07) is -0.0494. The Bertz CT molecular complexity index is 207. The van der Waals surface area contributed by atoms with E-state index in [0.29, 0.717) is 5.92 Å². The topological polar surface area (TPSA) is 58.4 Å². The van der Waals surface area contributed by atoms with Crippen molar-refractivity contribution >= 4 is 5.91 Å². The first-order chi connectivity index (χ1) is 7.99. The van der Waals surface area contributed by atoms with E-state index in [4.69, 9.17) is 5.73 Å². The Morgan fingerprint density at radius 1 is 1.24 bits per heavy atom. The number of nitrogens with zero attached hydrogens (tertiary/aromatic N) is 1. The van der Waals surface area contributed by atoms with Gasteiger partial charge >= 0.3 is 0 Å². The van der Waals surface area contributed by atoms with E-state index < -0.39 is 0 Å². The summed E-state index contributed by atoms with van der Waals surface area (Å²) in [7, 11) is 2.00. The number of carbonyl (C=O) groups is 1. The van der Waals surface area contributed by atoms with E-state index in [1.165, 1.54) is 0 Å². The summed E-state index contributed by atoms with van der Waals surface area (Å²) in [4.78, 5) is 13.9. The number of hydrogen-bond acceptors (Lipinski definition) is 3. The van der Waals surface area contributed by atoms with Crippen LogP contribution in [0.1, 0.15) is 40.0 Å². The van der Waals surface area contributed by atoms with Gasteiger partial charge in [-0.1, -0.05) is 20.3 Å². The highest BCUT2D eigenvalue weighted by Crippen LogP contribution is 2.01. The van der Waals surface area contributed by atoms with Gasteiger partial charge in [-0.3, -0.25) is 9.69 Å². The molecule has 0 rings (SSSR count). The van der Waals surface area contributed by atoms with E-state index in [1.807, 2.05) is 14.0 Å². The van der Waals surface area contributed by atoms with Crippen LogP contribution in [0.2, 0.25) is 0 Å². The second kappa shape index (κ2) is 9.42. The second-order valence-corrected chi connectivity index (χ2v) is 5.14. The summed E-state index contributed by atoms with van der Waals surface area (Å²) in [5.74, 6) is 0.626. The minimum Gasteiger partial charge on any atom is -0.354 e. The number of unbranched alkanes of at least 4 members (excludes halogenated alkanes) is 2. The molecule has 3 N–H and O–H groups in total. The molecule has 0 aliphatic heterocycles. The van der Waals surface area contributed by atoms with Crippen molar-refractivity contribution in [2.75, 3.05) is 26.7 Å². The molecule has 0 aromatic heterocycles. The van der Waals surface area contributed by atoms with Gasteiger partial charge in [-0.15, -0.1) is 0 Å². The fraction of sp³-hybridized carbons (Fsp3) is 0.923. The lowest BCUT2D eigenvalue weighted by atomic mass is 10.2. The Balaban J connectivity index is 3.78. The molecule has 0 radical (unpaired) electrons. The predicted octanol–water partition coefficient (Wildman–Crippen LogP) is 1.21. The van der Waals surface area contributed by atoms with Crippen LogP contribution in [0.5, 0.6) is 0 Å². The maximum atomic E-state index is 11.8. The highest BCUT2D eigenvalue weighted by molar-refractivity contribution is 5.81. The Hall–Kier alpha value is -0.610. The van der Waals surface area contributed by atoms with Gasteiger partial charge < -0.3 is 11.1 Å². The molecule has 0 fully saturated rings. The number of rotatable bonds is 9. The monoisotopic (exact) mass is 243 g/mol. The molecule has 4 nitrogen and oxygen atoms in total. The van der Waals surface area contributed by atoms with Crippen molar-refractivity contribution in [1.82, 2.24) is 10.2 Å². The number of carbonyl (C=O) groups excluding carboxylic acids is 1. The van der Waals surface area contributed by atoms with E-state index in [-0.39, 0.29) is 11.9 Å². The second-order valence-electron chi connectivity index (χ2n) is 5.14. The molecule has 0 saturated carbocycles. The summed E-state index contributed by atoms with van der Waals surface area (Å²) in [6.07, 6.45) is 3.32. The van der Waals surface area contributed by atoms with Crippen LogP contribution in [-0.2, 0) is 4.79 Å². The molecule has 0 bridgehead atoms. The maximum absolute atomic E-state index is 11.8. The van der Waals surface area contributed by atoms with Crippen molar-refractivity contribution in [1.29, 1.82) is 0 Å². The van der Waals surface area contributed by atoms with Crippen LogP contribution in [0.4, 0.5) is 0 Å². The van der Waals surface area contributed by atoms with Crippen LogP contribution < -0.4 is 11.1 Å². The van der Waals surface area contributed by atoms with Crippen molar-refractivity contribution in [3.63, 3.8) is 0 Å². The zero-order valence-electron chi connectivity index (χ0n) is 11.8. The maximum Gasteiger partial charge on any atom is 0.237 e. The molecule has 0 aromatic rings. The molecule has 0 aliphatic rings. The lowest BCUT2D eigenvalue weighted by Gasteiger charge is -2.24. The van der Waals surface area contributed by atoms with Crippen molar-refractivity contribution in [2.24, 2.45) is 11.7 Å². The molecule has 0 heterocycles. The molecule has 0 aliphatic carbocycles. The highest BCUT2D eigenvalue weighted by atomic mass is 16.2. The number of nitrogens with two attached hydrogens (primary N) is 1. The van der Waals surface area contributed by atoms with Gasteiger partial charge in [-0.25, -0.2) is 0 Å². The first-order valence-electron chi connectivity index (χ1n) is 6.67. The zero-order chi connectivity index (χ0) is 13.3. The minimum atomic E-state index is -0.0494. The minimum absolute atomic E-state index is 0.0494. The standard InChI is InChI=1S/C13H29N3O/c1-11(2)10-15-13(17)12(3)16(4)9-7-5-6-8-14/h11-12H,5-10,14H2,1-4H3,(H,15,17). The molecule has 0 saturated heterocycles. The smallest absolute Gasteiger partial charge is 0.237 e.